The summed E-state index contributed by atoms with van der Waals surface area (Å²) in [6, 6.07) is 7.35. The Morgan fingerprint density at radius 2 is 2.11 bits per heavy atom. The van der Waals surface area contributed by atoms with Crippen LogP contribution in [-0.2, 0) is 6.61 Å². The molecule has 2 aromatic rings. The summed E-state index contributed by atoms with van der Waals surface area (Å²) in [4.78, 5) is 0. The van der Waals surface area contributed by atoms with Gasteiger partial charge in [0.25, 0.3) is 0 Å². The Labute approximate surface area is 115 Å². The van der Waals surface area contributed by atoms with E-state index in [9.17, 15) is 5.11 Å². The predicted octanol–water partition coefficient (Wildman–Crippen LogP) is 3.55. The number of nitrogens with zero attached hydrogens (tertiary/aromatic N) is 2. The fourth-order valence-corrected chi connectivity index (χ4v) is 2.53. The standard InChI is InChI=1S/C13H12Cl2N2O/c14-9-2-1-3-10(6-9)17-13(15)11(7-18)12(16-17)8-4-5-8/h1-3,6,8,18H,4-5,7H2. The highest BCUT2D eigenvalue weighted by Crippen LogP contribution is 2.43. The van der Waals surface area contributed by atoms with Crippen molar-refractivity contribution in [3.05, 3.63) is 45.7 Å². The maximum atomic E-state index is 9.43. The second kappa shape index (κ2) is 4.57. The molecule has 0 spiro atoms. The van der Waals surface area contributed by atoms with Crippen molar-refractivity contribution in [1.82, 2.24) is 9.78 Å². The molecule has 3 nitrogen and oxygen atoms in total. The van der Waals surface area contributed by atoms with Gasteiger partial charge < -0.3 is 5.11 Å². The molecule has 1 aliphatic carbocycles. The fraction of sp³-hybridized carbons (Fsp3) is 0.308. The van der Waals surface area contributed by atoms with E-state index in [0.29, 0.717) is 16.1 Å². The molecule has 1 saturated carbocycles. The summed E-state index contributed by atoms with van der Waals surface area (Å²) in [7, 11) is 0. The summed E-state index contributed by atoms with van der Waals surface area (Å²) >= 11 is 12.3. The SMILES string of the molecule is OCc1c(C2CC2)nn(-c2cccc(Cl)c2)c1Cl. The first-order valence-electron chi connectivity index (χ1n) is 5.85. The first-order valence-corrected chi connectivity index (χ1v) is 6.60. The van der Waals surface area contributed by atoms with Crippen LogP contribution < -0.4 is 0 Å². The smallest absolute Gasteiger partial charge is 0.138 e. The Morgan fingerprint density at radius 3 is 2.72 bits per heavy atom. The van der Waals surface area contributed by atoms with Crippen molar-refractivity contribution in [3.8, 4) is 5.69 Å². The Morgan fingerprint density at radius 1 is 1.33 bits per heavy atom. The van der Waals surface area contributed by atoms with Crippen LogP contribution in [0.2, 0.25) is 10.2 Å². The lowest BCUT2D eigenvalue weighted by Gasteiger charge is -2.03. The van der Waals surface area contributed by atoms with Crippen LogP contribution in [-0.4, -0.2) is 14.9 Å². The highest BCUT2D eigenvalue weighted by Gasteiger charge is 2.31. The van der Waals surface area contributed by atoms with Crippen LogP contribution in [0.3, 0.4) is 0 Å². The first-order chi connectivity index (χ1) is 8.70. The molecule has 1 fully saturated rings. The maximum Gasteiger partial charge on any atom is 0.138 e. The number of hydrogen-bond donors (Lipinski definition) is 1. The molecule has 1 aromatic carbocycles. The quantitative estimate of drug-likeness (QED) is 0.935. The second-order valence-electron chi connectivity index (χ2n) is 4.48. The molecular weight excluding hydrogens is 271 g/mol. The third-order valence-electron chi connectivity index (χ3n) is 3.13. The molecular formula is C13H12Cl2N2O. The van der Waals surface area contributed by atoms with Crippen molar-refractivity contribution < 1.29 is 5.11 Å². The number of aromatic nitrogens is 2. The van der Waals surface area contributed by atoms with Gasteiger partial charge in [0.2, 0.25) is 0 Å². The third-order valence-corrected chi connectivity index (χ3v) is 3.75. The van der Waals surface area contributed by atoms with Crippen molar-refractivity contribution >= 4 is 23.2 Å². The number of halogens is 2. The molecule has 0 atom stereocenters. The molecule has 0 amide bonds. The molecule has 1 N–H and O–H groups in total. The normalized spacial score (nSPS) is 15.1. The molecule has 5 heteroatoms. The number of hydrogen-bond acceptors (Lipinski definition) is 2. The summed E-state index contributed by atoms with van der Waals surface area (Å²) in [6.07, 6.45) is 2.24. The van der Waals surface area contributed by atoms with E-state index in [0.717, 1.165) is 29.8 Å². The van der Waals surface area contributed by atoms with Gasteiger partial charge >= 0.3 is 0 Å². The van der Waals surface area contributed by atoms with Crippen LogP contribution in [0.1, 0.15) is 30.0 Å². The monoisotopic (exact) mass is 282 g/mol. The number of aliphatic hydroxyl groups excluding tert-OH is 1. The minimum atomic E-state index is -0.0781. The molecule has 0 aliphatic heterocycles. The molecule has 0 unspecified atom stereocenters. The summed E-state index contributed by atoms with van der Waals surface area (Å²) in [5, 5.41) is 15.1. The lowest BCUT2D eigenvalue weighted by molar-refractivity contribution is 0.280. The Kier molecular flexibility index (Phi) is 3.06. The summed E-state index contributed by atoms with van der Waals surface area (Å²) < 4.78 is 1.65. The predicted molar refractivity (Wildman–Crippen MR) is 71.5 cm³/mol. The van der Waals surface area contributed by atoms with Crippen LogP contribution in [0.4, 0.5) is 0 Å². The molecule has 1 heterocycles. The van der Waals surface area contributed by atoms with Gasteiger partial charge in [-0.05, 0) is 31.0 Å². The van der Waals surface area contributed by atoms with E-state index in [-0.39, 0.29) is 6.61 Å². The van der Waals surface area contributed by atoms with Gasteiger partial charge in [0.05, 0.1) is 18.0 Å². The van der Waals surface area contributed by atoms with Crippen LogP contribution >= 0.6 is 23.2 Å². The zero-order chi connectivity index (χ0) is 12.7. The molecule has 0 bridgehead atoms. The van der Waals surface area contributed by atoms with Crippen LogP contribution in [0.5, 0.6) is 0 Å². The van der Waals surface area contributed by atoms with Crippen LogP contribution in [0, 0.1) is 0 Å². The minimum absolute atomic E-state index is 0.0781. The van der Waals surface area contributed by atoms with E-state index >= 15 is 0 Å². The van der Waals surface area contributed by atoms with E-state index in [1.807, 2.05) is 12.1 Å². The first kappa shape index (κ1) is 12.0. The molecule has 3 rings (SSSR count). The van der Waals surface area contributed by atoms with Gasteiger partial charge in [-0.2, -0.15) is 5.10 Å². The molecule has 1 aromatic heterocycles. The average Bonchev–Trinajstić information content (AvgIpc) is 3.13. The summed E-state index contributed by atoms with van der Waals surface area (Å²) in [5.74, 6) is 0.449. The second-order valence-corrected chi connectivity index (χ2v) is 5.27. The van der Waals surface area contributed by atoms with E-state index in [2.05, 4.69) is 5.10 Å². The fourth-order valence-electron chi connectivity index (χ4n) is 2.06. The molecule has 18 heavy (non-hydrogen) atoms. The highest BCUT2D eigenvalue weighted by atomic mass is 35.5. The minimum Gasteiger partial charge on any atom is -0.391 e. The maximum absolute atomic E-state index is 9.43. The van der Waals surface area contributed by atoms with Crippen LogP contribution in [0.15, 0.2) is 24.3 Å². The highest BCUT2D eigenvalue weighted by molar-refractivity contribution is 6.31. The number of aliphatic hydroxyl groups is 1. The molecule has 0 radical (unpaired) electrons. The zero-order valence-electron chi connectivity index (χ0n) is 9.61. The van der Waals surface area contributed by atoms with E-state index in [1.54, 1.807) is 16.8 Å². The topological polar surface area (TPSA) is 38.1 Å². The van der Waals surface area contributed by atoms with Crippen LogP contribution in [0.25, 0.3) is 5.69 Å². The molecule has 0 saturated heterocycles. The van der Waals surface area contributed by atoms with E-state index in [4.69, 9.17) is 23.2 Å². The summed E-state index contributed by atoms with van der Waals surface area (Å²) in [6.45, 7) is -0.0781. The largest absolute Gasteiger partial charge is 0.391 e. The van der Waals surface area contributed by atoms with Gasteiger partial charge in [-0.25, -0.2) is 4.68 Å². The molecule has 1 aliphatic rings. The van der Waals surface area contributed by atoms with Crippen molar-refractivity contribution in [2.45, 2.75) is 25.4 Å². The van der Waals surface area contributed by atoms with E-state index in [1.165, 1.54) is 0 Å². The van der Waals surface area contributed by atoms with Gasteiger partial charge in [-0.3, -0.25) is 0 Å². The Hall–Kier alpha value is -1.03. The number of benzene rings is 1. The lowest BCUT2D eigenvalue weighted by atomic mass is 10.2. The molecule has 94 valence electrons. The number of rotatable bonds is 3. The summed E-state index contributed by atoms with van der Waals surface area (Å²) in [5.41, 5.74) is 2.47. The Balaban J connectivity index is 2.12. The third kappa shape index (κ3) is 2.03. The zero-order valence-corrected chi connectivity index (χ0v) is 11.1. The van der Waals surface area contributed by atoms with Gasteiger partial charge in [0.15, 0.2) is 0 Å². The van der Waals surface area contributed by atoms with Gasteiger partial charge in [0.1, 0.15) is 5.15 Å². The van der Waals surface area contributed by atoms with Crippen molar-refractivity contribution in [2.24, 2.45) is 0 Å². The van der Waals surface area contributed by atoms with Gasteiger partial charge in [-0.1, -0.05) is 29.3 Å². The van der Waals surface area contributed by atoms with Crippen molar-refractivity contribution in [3.63, 3.8) is 0 Å². The van der Waals surface area contributed by atoms with Gasteiger partial charge in [0, 0.05) is 16.5 Å². The van der Waals surface area contributed by atoms with Crippen molar-refractivity contribution in [2.75, 3.05) is 0 Å². The Bertz CT molecular complexity index is 591. The lowest BCUT2D eigenvalue weighted by Crippen LogP contribution is -1.97. The van der Waals surface area contributed by atoms with Gasteiger partial charge in [-0.15, -0.1) is 0 Å². The van der Waals surface area contributed by atoms with Crippen molar-refractivity contribution in [1.29, 1.82) is 0 Å². The average molecular weight is 283 g/mol. The van der Waals surface area contributed by atoms with E-state index < -0.39 is 0 Å².